The number of aromatic nitrogens is 2. The second kappa shape index (κ2) is 16.0. The Bertz CT molecular complexity index is 2210. The Hall–Kier alpha value is -5.31. The van der Waals surface area contributed by atoms with Crippen molar-refractivity contribution in [2.75, 3.05) is 50.1 Å². The molecule has 3 saturated heterocycles. The number of carbonyl (C=O) groups excluding carboxylic acids is 3. The number of likely N-dealkylation sites (tertiary alicyclic amines) is 1. The number of benzene rings is 2. The number of ketones is 1. The number of ether oxygens (including phenoxy) is 1. The van der Waals surface area contributed by atoms with Crippen molar-refractivity contribution in [1.82, 2.24) is 19.8 Å². The number of alkyl halides is 3. The predicted molar refractivity (Wildman–Crippen MR) is 203 cm³/mol. The largest absolute Gasteiger partial charge is 0.496 e. The number of carbonyl (C=O) groups is 3. The molecule has 3 fully saturated rings. The second-order valence-electron chi connectivity index (χ2n) is 15.0. The summed E-state index contributed by atoms with van der Waals surface area (Å²) in [5.41, 5.74) is 0.917. The third kappa shape index (κ3) is 8.27. The van der Waals surface area contributed by atoms with Gasteiger partial charge in [-0.15, -0.1) is 0 Å². The van der Waals surface area contributed by atoms with Crippen molar-refractivity contribution in [3.63, 3.8) is 0 Å². The van der Waals surface area contributed by atoms with Gasteiger partial charge in [-0.25, -0.2) is 4.39 Å². The average Bonchev–Trinajstić information content (AvgIpc) is 3.18. The molecule has 5 heterocycles. The number of imide groups is 1. The fourth-order valence-corrected chi connectivity index (χ4v) is 8.28. The number of Topliss-reactive ketones (excluding diaryl/α,β-unsaturated/α-hetero) is 1. The van der Waals surface area contributed by atoms with Crippen LogP contribution >= 0.6 is 0 Å². The van der Waals surface area contributed by atoms with Crippen LogP contribution in [-0.2, 0) is 34.0 Å². The number of hydrogen-bond donors (Lipinski definition) is 2. The highest BCUT2D eigenvalue weighted by Crippen LogP contribution is 2.40. The molecule has 15 heteroatoms. The molecule has 0 saturated carbocycles. The lowest BCUT2D eigenvalue weighted by Gasteiger charge is -2.36. The van der Waals surface area contributed by atoms with Crippen LogP contribution in [0, 0.1) is 17.7 Å². The summed E-state index contributed by atoms with van der Waals surface area (Å²) in [5, 5.41) is 6.14. The van der Waals surface area contributed by atoms with Crippen molar-refractivity contribution in [3.05, 3.63) is 82.3 Å². The zero-order chi connectivity index (χ0) is 39.7. The quantitative estimate of drug-likeness (QED) is 0.154. The number of amides is 2. The van der Waals surface area contributed by atoms with Gasteiger partial charge in [-0.3, -0.25) is 34.4 Å². The van der Waals surface area contributed by atoms with E-state index in [4.69, 9.17) is 4.74 Å². The van der Waals surface area contributed by atoms with Gasteiger partial charge in [-0.1, -0.05) is 0 Å². The SMILES string of the molecule is COc1cc(-c2cn(C)c(=O)c3cnccc23)cc(F)c1CC1CCN(CC(=O)C2CCN(c3ccc(NC4CCC(=O)NC4=O)cc3C(F)(F)F)CC2)CC1. The van der Waals surface area contributed by atoms with Crippen LogP contribution in [0.5, 0.6) is 5.75 Å². The van der Waals surface area contributed by atoms with Gasteiger partial charge < -0.3 is 19.5 Å². The summed E-state index contributed by atoms with van der Waals surface area (Å²) >= 11 is 0. The maximum atomic E-state index is 15.8. The molecule has 7 rings (SSSR count). The van der Waals surface area contributed by atoms with E-state index in [1.165, 1.54) is 36.1 Å². The van der Waals surface area contributed by atoms with Crippen LogP contribution in [0.2, 0.25) is 0 Å². The van der Waals surface area contributed by atoms with E-state index in [2.05, 4.69) is 20.5 Å². The molecular weight excluding hydrogens is 732 g/mol. The number of aryl methyl sites for hydroxylation is 1. The molecule has 2 aromatic heterocycles. The van der Waals surface area contributed by atoms with Gasteiger partial charge in [0, 0.05) is 73.6 Å². The van der Waals surface area contributed by atoms with E-state index < -0.39 is 29.6 Å². The van der Waals surface area contributed by atoms with Gasteiger partial charge in [0.1, 0.15) is 23.4 Å². The molecule has 1 atom stereocenters. The van der Waals surface area contributed by atoms with Gasteiger partial charge in [0.15, 0.2) is 0 Å². The Morgan fingerprint density at radius 1 is 0.982 bits per heavy atom. The molecule has 296 valence electrons. The highest BCUT2D eigenvalue weighted by molar-refractivity contribution is 6.01. The van der Waals surface area contributed by atoms with Crippen molar-refractivity contribution in [1.29, 1.82) is 0 Å². The van der Waals surface area contributed by atoms with Crippen molar-refractivity contribution in [3.8, 4) is 16.9 Å². The number of piperidine rings is 3. The number of fused-ring (bicyclic) bond motifs is 1. The zero-order valence-corrected chi connectivity index (χ0v) is 31.3. The molecule has 2 N–H and O–H groups in total. The molecule has 1 unspecified atom stereocenters. The van der Waals surface area contributed by atoms with Gasteiger partial charge in [-0.05, 0) is 105 Å². The second-order valence-corrected chi connectivity index (χ2v) is 15.0. The molecule has 0 aliphatic carbocycles. The Morgan fingerprint density at radius 2 is 1.73 bits per heavy atom. The van der Waals surface area contributed by atoms with Crippen molar-refractivity contribution < 1.29 is 36.7 Å². The first kappa shape index (κ1) is 38.9. The zero-order valence-electron chi connectivity index (χ0n) is 31.3. The third-order valence-corrected chi connectivity index (χ3v) is 11.4. The smallest absolute Gasteiger partial charge is 0.418 e. The van der Waals surface area contributed by atoms with Crippen LogP contribution in [0.1, 0.15) is 49.7 Å². The molecule has 56 heavy (non-hydrogen) atoms. The van der Waals surface area contributed by atoms with Gasteiger partial charge in [0.2, 0.25) is 11.8 Å². The van der Waals surface area contributed by atoms with Crippen LogP contribution in [0.4, 0.5) is 28.9 Å². The van der Waals surface area contributed by atoms with Gasteiger partial charge >= 0.3 is 6.18 Å². The maximum absolute atomic E-state index is 15.8. The van der Waals surface area contributed by atoms with Crippen molar-refractivity contribution >= 4 is 39.7 Å². The molecule has 0 bridgehead atoms. The molecule has 3 aliphatic heterocycles. The van der Waals surface area contributed by atoms with Crippen LogP contribution in [0.25, 0.3) is 21.9 Å². The van der Waals surface area contributed by atoms with E-state index in [1.807, 2.05) is 0 Å². The Kier molecular flexibility index (Phi) is 11.2. The topological polar surface area (TPSA) is 126 Å². The number of halogens is 4. The lowest BCUT2D eigenvalue weighted by molar-refractivity contribution is -0.137. The fraction of sp³-hybridized carbons (Fsp3) is 0.439. The lowest BCUT2D eigenvalue weighted by Crippen LogP contribution is -2.47. The molecular formula is C41H44F4N6O5. The van der Waals surface area contributed by atoms with Crippen LogP contribution in [-0.4, -0.2) is 77.9 Å². The van der Waals surface area contributed by atoms with E-state index in [0.717, 1.165) is 18.9 Å². The number of hydrogen-bond acceptors (Lipinski definition) is 9. The van der Waals surface area contributed by atoms with Crippen LogP contribution in [0.3, 0.4) is 0 Å². The van der Waals surface area contributed by atoms with E-state index >= 15 is 4.39 Å². The number of nitrogens with one attached hydrogen (secondary N) is 2. The van der Waals surface area contributed by atoms with E-state index in [9.17, 15) is 32.3 Å². The Labute approximate surface area is 321 Å². The highest BCUT2D eigenvalue weighted by Gasteiger charge is 2.37. The van der Waals surface area contributed by atoms with Crippen LogP contribution in [0.15, 0.2) is 59.8 Å². The maximum Gasteiger partial charge on any atom is 0.418 e. The summed E-state index contributed by atoms with van der Waals surface area (Å²) in [7, 11) is 3.16. The molecule has 0 spiro atoms. The minimum absolute atomic E-state index is 0.0278. The Morgan fingerprint density at radius 3 is 2.43 bits per heavy atom. The summed E-state index contributed by atoms with van der Waals surface area (Å²) in [4.78, 5) is 57.5. The fourth-order valence-electron chi connectivity index (χ4n) is 8.28. The van der Waals surface area contributed by atoms with E-state index in [1.54, 1.807) is 36.5 Å². The summed E-state index contributed by atoms with van der Waals surface area (Å²) in [6.45, 7) is 2.20. The summed E-state index contributed by atoms with van der Waals surface area (Å²) in [5.74, 6) is -0.939. The predicted octanol–water partition coefficient (Wildman–Crippen LogP) is 5.72. The monoisotopic (exact) mass is 776 g/mol. The van der Waals surface area contributed by atoms with E-state index in [0.29, 0.717) is 78.7 Å². The molecule has 4 aromatic rings. The number of methoxy groups -OCH3 is 1. The standard InChI is InChI=1S/C41H44F4N6O5/c1-49-22-31(28-7-12-46-21-30(28)40(49)55)26-18-33(42)29(37(19-26)56-2)17-24-8-13-50(14-9-24)23-36(52)25-10-15-51(16-11-25)35-5-3-27(20-32(35)41(43,44)45)47-34-4-6-38(53)48-39(34)54/h3,5,7,12,18-22,24-25,34,47H,4,6,8-11,13-17,23H2,1-2H3,(H,48,53,54). The van der Waals surface area contributed by atoms with E-state index in [-0.39, 0.29) is 59.8 Å². The van der Waals surface area contributed by atoms with Crippen molar-refractivity contribution in [2.24, 2.45) is 18.9 Å². The number of pyridine rings is 2. The minimum Gasteiger partial charge on any atom is -0.496 e. The van der Waals surface area contributed by atoms with Gasteiger partial charge in [0.25, 0.3) is 5.56 Å². The number of anilines is 2. The minimum atomic E-state index is -4.64. The third-order valence-electron chi connectivity index (χ3n) is 11.4. The molecule has 11 nitrogen and oxygen atoms in total. The summed E-state index contributed by atoms with van der Waals surface area (Å²) in [6.07, 6.45) is 3.32. The highest BCUT2D eigenvalue weighted by atomic mass is 19.4. The number of nitrogens with zero attached hydrogens (tertiary/aromatic N) is 4. The van der Waals surface area contributed by atoms with Crippen molar-refractivity contribution in [2.45, 2.75) is 57.2 Å². The number of rotatable bonds is 10. The Balaban J connectivity index is 0.929. The molecule has 0 radical (unpaired) electrons. The van der Waals surface area contributed by atoms with Crippen LogP contribution < -0.4 is 25.8 Å². The van der Waals surface area contributed by atoms with Gasteiger partial charge in [-0.2, -0.15) is 13.2 Å². The molecule has 2 aromatic carbocycles. The normalized spacial score (nSPS) is 19.0. The first-order chi connectivity index (χ1) is 26.8. The lowest BCUT2D eigenvalue weighted by atomic mass is 9.87. The summed E-state index contributed by atoms with van der Waals surface area (Å²) < 4.78 is 65.7. The summed E-state index contributed by atoms with van der Waals surface area (Å²) in [6, 6.07) is 8.11. The molecule has 3 aliphatic rings. The van der Waals surface area contributed by atoms with Gasteiger partial charge in [0.05, 0.1) is 24.6 Å². The first-order valence-electron chi connectivity index (χ1n) is 18.9. The molecule has 2 amide bonds. The first-order valence-corrected chi connectivity index (χ1v) is 18.9. The average molecular weight is 777 g/mol.